The van der Waals surface area contributed by atoms with E-state index in [1.54, 1.807) is 32.9 Å². The van der Waals surface area contributed by atoms with Gasteiger partial charge in [0.15, 0.2) is 5.75 Å². The van der Waals surface area contributed by atoms with Gasteiger partial charge in [0, 0.05) is 0 Å². The molecule has 0 spiro atoms. The number of hydrogen-bond acceptors (Lipinski definition) is 3. The molecule has 0 N–H and O–H groups in total. The molecule has 3 nitrogen and oxygen atoms in total. The smallest absolute Gasteiger partial charge is 0.287 e. The summed E-state index contributed by atoms with van der Waals surface area (Å²) in [6, 6.07) is 17.4. The summed E-state index contributed by atoms with van der Waals surface area (Å²) in [5.74, 6) is 0.104. The van der Waals surface area contributed by atoms with Gasteiger partial charge >= 0.3 is 5.97 Å². The molecular formula is C17H18O3. The van der Waals surface area contributed by atoms with Crippen LogP contribution in [0.4, 0.5) is 0 Å². The average molecular weight is 270 g/mol. The van der Waals surface area contributed by atoms with Crippen molar-refractivity contribution in [2.75, 3.05) is 0 Å². The van der Waals surface area contributed by atoms with Gasteiger partial charge in [0.2, 0.25) is 0 Å². The summed E-state index contributed by atoms with van der Waals surface area (Å²) in [4.78, 5) is 21.4. The third-order valence-corrected chi connectivity index (χ3v) is 2.79. The Labute approximate surface area is 119 Å². The molecule has 0 bridgehead atoms. The fourth-order valence-corrected chi connectivity index (χ4v) is 1.54. The lowest BCUT2D eigenvalue weighted by Crippen LogP contribution is -2.24. The predicted molar refractivity (Wildman–Crippen MR) is 78.1 cm³/mol. The molecule has 0 atom stereocenters. The van der Waals surface area contributed by atoms with E-state index in [0.717, 1.165) is 11.1 Å². The highest BCUT2D eigenvalue weighted by Gasteiger charge is 2.24. The zero-order chi connectivity index (χ0) is 14.6. The van der Waals surface area contributed by atoms with Crippen LogP contribution in [0.2, 0.25) is 0 Å². The van der Waals surface area contributed by atoms with Crippen LogP contribution in [0.3, 0.4) is 0 Å². The Kier molecular flexibility index (Phi) is 4.08. The van der Waals surface area contributed by atoms with Crippen molar-refractivity contribution in [2.24, 2.45) is 5.41 Å². The number of carbonyl (C=O) groups is 1. The van der Waals surface area contributed by atoms with E-state index in [1.165, 1.54) is 0 Å². The SMILES string of the molecule is CC(C)(C)C(=O)OOc1ccc(-c2ccccc2)cc1. The van der Waals surface area contributed by atoms with E-state index in [2.05, 4.69) is 0 Å². The fourth-order valence-electron chi connectivity index (χ4n) is 1.54. The summed E-state index contributed by atoms with van der Waals surface area (Å²) in [6.45, 7) is 5.32. The van der Waals surface area contributed by atoms with E-state index < -0.39 is 11.4 Å². The zero-order valence-electron chi connectivity index (χ0n) is 11.9. The molecule has 0 aliphatic heterocycles. The highest BCUT2D eigenvalue weighted by atomic mass is 17.2. The molecule has 3 heteroatoms. The Balaban J connectivity index is 2.01. The minimum atomic E-state index is -0.579. The monoisotopic (exact) mass is 270 g/mol. The molecule has 0 aliphatic carbocycles. The molecule has 0 unspecified atom stereocenters. The summed E-state index contributed by atoms with van der Waals surface area (Å²) < 4.78 is 0. The van der Waals surface area contributed by atoms with E-state index in [1.807, 2.05) is 42.5 Å². The van der Waals surface area contributed by atoms with Crippen LogP contribution < -0.4 is 4.89 Å². The van der Waals surface area contributed by atoms with Crippen molar-refractivity contribution < 1.29 is 14.6 Å². The fraction of sp³-hybridized carbons (Fsp3) is 0.235. The van der Waals surface area contributed by atoms with Gasteiger partial charge in [-0.2, -0.15) is 0 Å². The Morgan fingerprint density at radius 3 is 1.95 bits per heavy atom. The minimum absolute atomic E-state index is 0.398. The number of benzene rings is 2. The Morgan fingerprint density at radius 2 is 1.40 bits per heavy atom. The number of rotatable bonds is 3. The molecule has 0 saturated heterocycles. The maximum Gasteiger partial charge on any atom is 0.360 e. The van der Waals surface area contributed by atoms with Gasteiger partial charge in [-0.1, -0.05) is 42.5 Å². The van der Waals surface area contributed by atoms with E-state index >= 15 is 0 Å². The van der Waals surface area contributed by atoms with Gasteiger partial charge in [0.05, 0.1) is 5.41 Å². The Hall–Kier alpha value is -2.29. The second-order valence-electron chi connectivity index (χ2n) is 5.59. The molecule has 0 amide bonds. The van der Waals surface area contributed by atoms with Crippen LogP contribution in [0, 0.1) is 5.41 Å². The maximum atomic E-state index is 11.6. The van der Waals surface area contributed by atoms with Crippen molar-refractivity contribution in [3.63, 3.8) is 0 Å². The first-order valence-electron chi connectivity index (χ1n) is 6.51. The van der Waals surface area contributed by atoms with Gasteiger partial charge in [-0.25, -0.2) is 9.68 Å². The van der Waals surface area contributed by atoms with Crippen LogP contribution in [0.5, 0.6) is 5.75 Å². The van der Waals surface area contributed by atoms with Crippen molar-refractivity contribution in [3.8, 4) is 16.9 Å². The molecule has 0 heterocycles. The lowest BCUT2D eigenvalue weighted by Gasteiger charge is -2.14. The van der Waals surface area contributed by atoms with Gasteiger partial charge < -0.3 is 0 Å². The van der Waals surface area contributed by atoms with Crippen LogP contribution in [-0.2, 0) is 9.68 Å². The molecule has 0 aliphatic rings. The van der Waals surface area contributed by atoms with Gasteiger partial charge in [0.1, 0.15) is 0 Å². The minimum Gasteiger partial charge on any atom is -0.287 e. The predicted octanol–water partition coefficient (Wildman–Crippen LogP) is 4.24. The highest BCUT2D eigenvalue weighted by molar-refractivity contribution is 5.74. The summed E-state index contributed by atoms with van der Waals surface area (Å²) in [5, 5.41) is 0. The molecule has 0 radical (unpaired) electrons. The first-order chi connectivity index (χ1) is 9.47. The molecule has 0 aromatic heterocycles. The average Bonchev–Trinajstić information content (AvgIpc) is 2.45. The maximum absolute atomic E-state index is 11.6. The summed E-state index contributed by atoms with van der Waals surface area (Å²) in [5.41, 5.74) is 1.63. The van der Waals surface area contributed by atoms with Crippen LogP contribution >= 0.6 is 0 Å². The molecule has 2 aromatic carbocycles. The van der Waals surface area contributed by atoms with Crippen LogP contribution in [0.1, 0.15) is 20.8 Å². The summed E-state index contributed by atoms with van der Waals surface area (Å²) in [6.07, 6.45) is 0. The Morgan fingerprint density at radius 1 is 0.850 bits per heavy atom. The molecule has 2 rings (SSSR count). The lowest BCUT2D eigenvalue weighted by molar-refractivity contribution is -0.223. The van der Waals surface area contributed by atoms with Crippen molar-refractivity contribution in [2.45, 2.75) is 20.8 Å². The number of carbonyl (C=O) groups excluding carboxylic acids is 1. The zero-order valence-corrected chi connectivity index (χ0v) is 11.9. The van der Waals surface area contributed by atoms with E-state index in [4.69, 9.17) is 9.78 Å². The topological polar surface area (TPSA) is 35.5 Å². The van der Waals surface area contributed by atoms with Crippen LogP contribution in [0.25, 0.3) is 11.1 Å². The van der Waals surface area contributed by atoms with E-state index in [-0.39, 0.29) is 0 Å². The molecule has 0 saturated carbocycles. The van der Waals surface area contributed by atoms with Crippen molar-refractivity contribution >= 4 is 5.97 Å². The molecular weight excluding hydrogens is 252 g/mol. The van der Waals surface area contributed by atoms with E-state index in [9.17, 15) is 4.79 Å². The van der Waals surface area contributed by atoms with Crippen molar-refractivity contribution in [1.29, 1.82) is 0 Å². The molecule has 2 aromatic rings. The van der Waals surface area contributed by atoms with Crippen LogP contribution in [-0.4, -0.2) is 5.97 Å². The van der Waals surface area contributed by atoms with Gasteiger partial charge in [-0.15, -0.1) is 0 Å². The highest BCUT2D eigenvalue weighted by Crippen LogP contribution is 2.23. The molecule has 104 valence electrons. The Bertz CT molecular complexity index is 565. The third-order valence-electron chi connectivity index (χ3n) is 2.79. The third kappa shape index (κ3) is 3.60. The quantitative estimate of drug-likeness (QED) is 0.618. The summed E-state index contributed by atoms with van der Waals surface area (Å²) >= 11 is 0. The van der Waals surface area contributed by atoms with Crippen molar-refractivity contribution in [1.82, 2.24) is 0 Å². The van der Waals surface area contributed by atoms with Gasteiger partial charge in [-0.3, -0.25) is 4.89 Å². The second-order valence-corrected chi connectivity index (χ2v) is 5.59. The first-order valence-corrected chi connectivity index (χ1v) is 6.51. The van der Waals surface area contributed by atoms with Gasteiger partial charge in [-0.05, 0) is 44.0 Å². The van der Waals surface area contributed by atoms with Crippen LogP contribution in [0.15, 0.2) is 54.6 Å². The second kappa shape index (κ2) is 5.78. The van der Waals surface area contributed by atoms with E-state index in [0.29, 0.717) is 5.75 Å². The standard InChI is InChI=1S/C17H18O3/c1-17(2,3)16(18)20-19-15-11-9-14(10-12-15)13-7-5-4-6-8-13/h4-12H,1-3H3. The normalized spacial score (nSPS) is 10.9. The molecule has 20 heavy (non-hydrogen) atoms. The first kappa shape index (κ1) is 14.1. The van der Waals surface area contributed by atoms with Crippen molar-refractivity contribution in [3.05, 3.63) is 54.6 Å². The number of hydrogen-bond donors (Lipinski definition) is 0. The lowest BCUT2D eigenvalue weighted by atomic mass is 9.98. The van der Waals surface area contributed by atoms with Gasteiger partial charge in [0.25, 0.3) is 0 Å². The molecule has 0 fully saturated rings. The largest absolute Gasteiger partial charge is 0.360 e. The summed E-state index contributed by atoms with van der Waals surface area (Å²) in [7, 11) is 0.